The maximum Gasteiger partial charge on any atom is 0.264 e. The minimum absolute atomic E-state index is 0.0816. The number of aliphatic hydroxyl groups is 1. The first-order valence-corrected chi connectivity index (χ1v) is 10.9. The molecule has 12 heteroatoms. The van der Waals surface area contributed by atoms with E-state index >= 15 is 0 Å². The third-order valence-electron chi connectivity index (χ3n) is 3.51. The third-order valence-corrected chi connectivity index (χ3v) is 4.64. The predicted molar refractivity (Wildman–Crippen MR) is 88.3 cm³/mol. The van der Waals surface area contributed by atoms with Crippen molar-refractivity contribution in [1.82, 2.24) is 4.90 Å². The molecule has 1 aromatic rings. The zero-order valence-electron chi connectivity index (χ0n) is 13.9. The fraction of sp³-hybridized carbons (Fsp3) is 0.429. The highest BCUT2D eigenvalue weighted by Crippen LogP contribution is 2.26. The van der Waals surface area contributed by atoms with E-state index in [4.69, 9.17) is 0 Å². The molecule has 0 radical (unpaired) electrons. The Morgan fingerprint density at radius 3 is 1.77 bits per heavy atom. The summed E-state index contributed by atoms with van der Waals surface area (Å²) < 4.78 is 53.8. The van der Waals surface area contributed by atoms with Gasteiger partial charge in [0.25, 0.3) is 32.1 Å². The molecule has 0 fully saturated rings. The molecule has 2 atom stereocenters. The molecule has 144 valence electrons. The van der Waals surface area contributed by atoms with Crippen LogP contribution in [0.15, 0.2) is 24.3 Å². The topological polar surface area (TPSA) is 144 Å². The Labute approximate surface area is 150 Å². The smallest absolute Gasteiger partial charge is 0.264 e. The number of nitrogens with zero attached hydrogens (tertiary/aromatic N) is 1. The highest BCUT2D eigenvalue weighted by molar-refractivity contribution is 7.86. The van der Waals surface area contributed by atoms with Gasteiger partial charge in [-0.2, -0.15) is 16.8 Å². The number of hydrogen-bond donors (Lipinski definition) is 1. The average Bonchev–Trinajstić information content (AvgIpc) is 2.77. The minimum atomic E-state index is -3.95. The Balaban J connectivity index is 2.31. The van der Waals surface area contributed by atoms with E-state index in [9.17, 15) is 31.5 Å². The van der Waals surface area contributed by atoms with E-state index < -0.39 is 57.4 Å². The molecule has 1 N–H and O–H groups in total. The largest absolute Gasteiger partial charge is 0.388 e. The molecule has 1 aliphatic rings. The lowest BCUT2D eigenvalue weighted by molar-refractivity contribution is 0.00743. The van der Waals surface area contributed by atoms with Crippen LogP contribution in [-0.2, 0) is 28.6 Å². The van der Waals surface area contributed by atoms with Gasteiger partial charge in [0.2, 0.25) is 0 Å². The Hall–Kier alpha value is -1.86. The van der Waals surface area contributed by atoms with E-state index in [0.717, 1.165) is 12.5 Å². The summed E-state index contributed by atoms with van der Waals surface area (Å²) in [4.78, 5) is 25.7. The second kappa shape index (κ2) is 7.40. The van der Waals surface area contributed by atoms with E-state index in [1.165, 1.54) is 12.1 Å². The maximum atomic E-state index is 12.5. The van der Waals surface area contributed by atoms with Gasteiger partial charge in [0.15, 0.2) is 0 Å². The van der Waals surface area contributed by atoms with Gasteiger partial charge in [0.1, 0.15) is 6.10 Å². The molecule has 26 heavy (non-hydrogen) atoms. The van der Waals surface area contributed by atoms with Crippen molar-refractivity contribution < 1.29 is 39.9 Å². The van der Waals surface area contributed by atoms with Gasteiger partial charge in [-0.25, -0.2) is 0 Å². The van der Waals surface area contributed by atoms with E-state index in [-0.39, 0.29) is 11.1 Å². The molecule has 1 aliphatic heterocycles. The van der Waals surface area contributed by atoms with Crippen molar-refractivity contribution in [3.8, 4) is 0 Å². The van der Waals surface area contributed by atoms with Crippen molar-refractivity contribution in [1.29, 1.82) is 0 Å². The van der Waals surface area contributed by atoms with Crippen molar-refractivity contribution >= 4 is 32.1 Å². The Kier molecular flexibility index (Phi) is 5.82. The van der Waals surface area contributed by atoms with E-state index in [0.29, 0.717) is 4.90 Å². The Morgan fingerprint density at radius 1 is 0.923 bits per heavy atom. The summed E-state index contributed by atoms with van der Waals surface area (Å²) in [5.41, 5.74) is 0.163. The van der Waals surface area contributed by atoms with Crippen molar-refractivity contribution in [3.05, 3.63) is 35.4 Å². The van der Waals surface area contributed by atoms with Crippen LogP contribution in [0.5, 0.6) is 0 Å². The fourth-order valence-corrected chi connectivity index (χ4v) is 3.14. The van der Waals surface area contributed by atoms with Crippen molar-refractivity contribution in [3.63, 3.8) is 0 Å². The van der Waals surface area contributed by atoms with Gasteiger partial charge in [-0.05, 0) is 12.1 Å². The van der Waals surface area contributed by atoms with Crippen LogP contribution in [-0.4, -0.2) is 76.5 Å². The molecule has 2 amide bonds. The molecule has 2 rings (SSSR count). The summed E-state index contributed by atoms with van der Waals surface area (Å²) in [7, 11) is -7.86. The van der Waals surface area contributed by atoms with Crippen LogP contribution in [0, 0.1) is 0 Å². The maximum absolute atomic E-state index is 12.5. The number of imide groups is 1. The highest BCUT2D eigenvalue weighted by atomic mass is 32.2. The van der Waals surface area contributed by atoms with E-state index in [2.05, 4.69) is 8.37 Å². The molecule has 10 nitrogen and oxygen atoms in total. The molecule has 0 saturated carbocycles. The van der Waals surface area contributed by atoms with E-state index in [1.807, 2.05) is 0 Å². The predicted octanol–water partition coefficient (Wildman–Crippen LogP) is -1.04. The van der Waals surface area contributed by atoms with Gasteiger partial charge in [0.05, 0.1) is 42.9 Å². The number of hydrogen-bond acceptors (Lipinski definition) is 9. The molecule has 1 unspecified atom stereocenters. The fourth-order valence-electron chi connectivity index (χ4n) is 2.36. The molecule has 0 spiro atoms. The second-order valence-electron chi connectivity index (χ2n) is 5.64. The van der Waals surface area contributed by atoms with Gasteiger partial charge in [-0.3, -0.25) is 22.9 Å². The molecule has 1 aromatic carbocycles. The summed E-state index contributed by atoms with van der Waals surface area (Å²) in [6.45, 7) is -1.54. The summed E-state index contributed by atoms with van der Waals surface area (Å²) >= 11 is 0. The van der Waals surface area contributed by atoms with Gasteiger partial charge >= 0.3 is 0 Å². The first kappa shape index (κ1) is 20.5. The highest BCUT2D eigenvalue weighted by Gasteiger charge is 2.43. The van der Waals surface area contributed by atoms with Crippen LogP contribution in [0.4, 0.5) is 0 Å². The number of rotatable bonds is 8. The normalized spacial score (nSPS) is 17.3. The first-order chi connectivity index (χ1) is 11.9. The number of amides is 2. The number of aliphatic hydroxyl groups excluding tert-OH is 1. The van der Waals surface area contributed by atoms with Gasteiger partial charge in [-0.1, -0.05) is 12.1 Å². The number of carbonyl (C=O) groups is 2. The number of carbonyl (C=O) groups excluding carboxylic acids is 2. The summed E-state index contributed by atoms with van der Waals surface area (Å²) in [5, 5.41) is 10.2. The van der Waals surface area contributed by atoms with Crippen LogP contribution in [0.2, 0.25) is 0 Å². The van der Waals surface area contributed by atoms with Crippen LogP contribution in [0.3, 0.4) is 0 Å². The lowest BCUT2D eigenvalue weighted by atomic mass is 10.1. The molecule has 0 aliphatic carbocycles. The number of fused-ring (bicyclic) bond motifs is 1. The molecule has 0 bridgehead atoms. The van der Waals surface area contributed by atoms with Gasteiger partial charge in [-0.15, -0.1) is 0 Å². The summed E-state index contributed by atoms with van der Waals surface area (Å²) in [6, 6.07) is 4.42. The zero-order chi connectivity index (χ0) is 19.7. The van der Waals surface area contributed by atoms with Crippen molar-refractivity contribution in [2.45, 2.75) is 12.1 Å². The monoisotopic (exact) mass is 407 g/mol. The van der Waals surface area contributed by atoms with Gasteiger partial charge in [0, 0.05) is 0 Å². The van der Waals surface area contributed by atoms with Crippen molar-refractivity contribution in [2.24, 2.45) is 0 Å². The SMILES string of the molecule is CS(=O)(=O)OCC(O)[C@H](COS(C)(=O)=O)N1C(=O)c2ccccc2C1=O. The molecule has 0 aromatic heterocycles. The standard InChI is InChI=1S/C14H17NO9S2/c1-25(19,20)23-7-11(12(16)8-24-26(2,21)22)15-13(17)9-5-3-4-6-10(9)14(15)18/h3-6,11-12,16H,7-8H2,1-2H3/t11-,12?/m0/s1. The molecular formula is C14H17NO9S2. The van der Waals surface area contributed by atoms with Crippen LogP contribution in [0.1, 0.15) is 20.7 Å². The molecular weight excluding hydrogens is 390 g/mol. The quantitative estimate of drug-likeness (QED) is 0.422. The zero-order valence-corrected chi connectivity index (χ0v) is 15.5. The van der Waals surface area contributed by atoms with Crippen LogP contribution >= 0.6 is 0 Å². The van der Waals surface area contributed by atoms with Crippen molar-refractivity contribution in [2.75, 3.05) is 25.7 Å². The van der Waals surface area contributed by atoms with Crippen LogP contribution in [0.25, 0.3) is 0 Å². The Morgan fingerprint density at radius 2 is 1.35 bits per heavy atom. The number of benzene rings is 1. The molecule has 1 heterocycles. The summed E-state index contributed by atoms with van der Waals surface area (Å²) in [6.07, 6.45) is -0.191. The second-order valence-corrected chi connectivity index (χ2v) is 8.93. The third kappa shape index (κ3) is 4.86. The minimum Gasteiger partial charge on any atom is -0.388 e. The van der Waals surface area contributed by atoms with E-state index in [1.54, 1.807) is 12.1 Å². The van der Waals surface area contributed by atoms with Gasteiger partial charge < -0.3 is 5.11 Å². The lowest BCUT2D eigenvalue weighted by Gasteiger charge is -2.29. The average molecular weight is 407 g/mol. The Bertz CT molecular complexity index is 888. The summed E-state index contributed by atoms with van der Waals surface area (Å²) in [5.74, 6) is -1.52. The first-order valence-electron chi connectivity index (χ1n) is 7.24. The lowest BCUT2D eigenvalue weighted by Crippen LogP contribution is -2.51. The molecule has 0 saturated heterocycles. The van der Waals surface area contributed by atoms with Crippen LogP contribution < -0.4 is 0 Å².